The van der Waals surface area contributed by atoms with Crippen molar-refractivity contribution in [3.8, 4) is 5.75 Å². The molecule has 3 rings (SSSR count). The number of sulfonamides is 1. The van der Waals surface area contributed by atoms with E-state index in [-0.39, 0.29) is 10.8 Å². The zero-order valence-corrected chi connectivity index (χ0v) is 17.0. The van der Waals surface area contributed by atoms with Crippen LogP contribution < -0.4 is 4.74 Å². The van der Waals surface area contributed by atoms with Crippen molar-refractivity contribution in [2.75, 3.05) is 46.4 Å². The standard InChI is InChI=1S/C19H29N3O4S/c1-16-5-3-4-10-21(16)15-19(23)20-11-13-22(14-12-20)27(24,25)18-8-6-17(26-2)7-9-18/h6-9,16H,3-5,10-15H2,1-2H3/t16-/m0/s1. The number of carbonyl (C=O) groups excluding carboxylic acids is 1. The number of amides is 1. The molecule has 0 spiro atoms. The highest BCUT2D eigenvalue weighted by atomic mass is 32.2. The van der Waals surface area contributed by atoms with Gasteiger partial charge in [0.1, 0.15) is 5.75 Å². The molecule has 0 saturated carbocycles. The highest BCUT2D eigenvalue weighted by Crippen LogP contribution is 2.21. The lowest BCUT2D eigenvalue weighted by molar-refractivity contribution is -0.134. The Morgan fingerprint density at radius 1 is 1.07 bits per heavy atom. The number of piperidine rings is 1. The molecular formula is C19H29N3O4S. The van der Waals surface area contributed by atoms with E-state index in [1.165, 1.54) is 10.7 Å². The molecule has 2 aliphatic rings. The van der Waals surface area contributed by atoms with Gasteiger partial charge in [-0.2, -0.15) is 4.31 Å². The molecule has 150 valence electrons. The second-order valence-electron chi connectivity index (χ2n) is 7.28. The summed E-state index contributed by atoms with van der Waals surface area (Å²) in [6.45, 7) is 5.12. The van der Waals surface area contributed by atoms with E-state index < -0.39 is 10.0 Å². The number of methoxy groups -OCH3 is 1. The zero-order chi connectivity index (χ0) is 19.4. The van der Waals surface area contributed by atoms with Crippen molar-refractivity contribution in [3.05, 3.63) is 24.3 Å². The number of hydrogen-bond donors (Lipinski definition) is 0. The van der Waals surface area contributed by atoms with Gasteiger partial charge in [-0.15, -0.1) is 0 Å². The molecule has 1 aromatic carbocycles. The smallest absolute Gasteiger partial charge is 0.243 e. The molecule has 1 aromatic rings. The van der Waals surface area contributed by atoms with Crippen LogP contribution in [-0.4, -0.2) is 80.9 Å². The van der Waals surface area contributed by atoms with Crippen molar-refractivity contribution in [1.29, 1.82) is 0 Å². The number of carbonyl (C=O) groups is 1. The van der Waals surface area contributed by atoms with E-state index in [9.17, 15) is 13.2 Å². The van der Waals surface area contributed by atoms with E-state index in [4.69, 9.17) is 4.74 Å². The van der Waals surface area contributed by atoms with Crippen LogP contribution in [0.5, 0.6) is 5.75 Å². The quantitative estimate of drug-likeness (QED) is 0.754. The fourth-order valence-corrected chi connectivity index (χ4v) is 5.16. The average molecular weight is 396 g/mol. The first-order valence-electron chi connectivity index (χ1n) is 9.58. The lowest BCUT2D eigenvalue weighted by Gasteiger charge is -2.37. The van der Waals surface area contributed by atoms with Crippen molar-refractivity contribution in [2.24, 2.45) is 0 Å². The molecule has 2 saturated heterocycles. The molecule has 2 aliphatic heterocycles. The van der Waals surface area contributed by atoms with Crippen molar-refractivity contribution in [1.82, 2.24) is 14.1 Å². The molecule has 0 aromatic heterocycles. The van der Waals surface area contributed by atoms with Gasteiger partial charge < -0.3 is 9.64 Å². The number of nitrogens with zero attached hydrogens (tertiary/aromatic N) is 3. The number of hydrogen-bond acceptors (Lipinski definition) is 5. The fraction of sp³-hybridized carbons (Fsp3) is 0.632. The summed E-state index contributed by atoms with van der Waals surface area (Å²) in [6, 6.07) is 6.85. The molecule has 2 fully saturated rings. The third-order valence-electron chi connectivity index (χ3n) is 5.57. The van der Waals surface area contributed by atoms with E-state index >= 15 is 0 Å². The molecule has 27 heavy (non-hydrogen) atoms. The maximum atomic E-state index is 12.8. The Kier molecular flexibility index (Phi) is 6.39. The summed E-state index contributed by atoms with van der Waals surface area (Å²) in [4.78, 5) is 16.9. The Hall–Kier alpha value is -1.64. The third-order valence-corrected chi connectivity index (χ3v) is 7.48. The van der Waals surface area contributed by atoms with Crippen molar-refractivity contribution < 1.29 is 17.9 Å². The van der Waals surface area contributed by atoms with E-state index in [2.05, 4.69) is 11.8 Å². The number of likely N-dealkylation sites (tertiary alicyclic amines) is 1. The van der Waals surface area contributed by atoms with E-state index in [0.29, 0.717) is 44.5 Å². The Morgan fingerprint density at radius 3 is 2.33 bits per heavy atom. The molecule has 2 heterocycles. The molecule has 1 atom stereocenters. The Bertz CT molecular complexity index is 743. The highest BCUT2D eigenvalue weighted by molar-refractivity contribution is 7.89. The van der Waals surface area contributed by atoms with Gasteiger partial charge in [-0.3, -0.25) is 9.69 Å². The van der Waals surface area contributed by atoms with E-state index in [0.717, 1.165) is 19.4 Å². The minimum absolute atomic E-state index is 0.102. The maximum absolute atomic E-state index is 12.8. The van der Waals surface area contributed by atoms with Gasteiger partial charge in [0, 0.05) is 32.2 Å². The minimum Gasteiger partial charge on any atom is -0.497 e. The van der Waals surface area contributed by atoms with Gasteiger partial charge in [0.2, 0.25) is 15.9 Å². The third kappa shape index (κ3) is 4.62. The molecule has 1 amide bonds. The summed E-state index contributed by atoms with van der Waals surface area (Å²) < 4.78 is 32.1. The largest absolute Gasteiger partial charge is 0.497 e. The van der Waals surface area contributed by atoms with Crippen LogP contribution in [0.15, 0.2) is 29.2 Å². The Morgan fingerprint density at radius 2 is 1.74 bits per heavy atom. The van der Waals surface area contributed by atoms with Crippen LogP contribution in [0.2, 0.25) is 0 Å². The monoisotopic (exact) mass is 395 g/mol. The fourth-order valence-electron chi connectivity index (χ4n) is 3.74. The molecule has 8 heteroatoms. The topological polar surface area (TPSA) is 70.2 Å². The SMILES string of the molecule is COc1ccc(S(=O)(=O)N2CCN(C(=O)CN3CCCC[C@@H]3C)CC2)cc1. The number of ether oxygens (including phenoxy) is 1. The number of piperazine rings is 1. The first-order chi connectivity index (χ1) is 12.9. The van der Waals surface area contributed by atoms with Gasteiger partial charge in [-0.1, -0.05) is 6.42 Å². The Labute approximate surface area is 161 Å². The summed E-state index contributed by atoms with van der Waals surface area (Å²) in [5.41, 5.74) is 0. The second-order valence-corrected chi connectivity index (χ2v) is 9.21. The molecule has 0 bridgehead atoms. The van der Waals surface area contributed by atoms with Crippen LogP contribution in [0.3, 0.4) is 0 Å². The second kappa shape index (κ2) is 8.58. The highest BCUT2D eigenvalue weighted by Gasteiger charge is 2.31. The van der Waals surface area contributed by atoms with Crippen molar-refractivity contribution in [3.63, 3.8) is 0 Å². The summed E-state index contributed by atoms with van der Waals surface area (Å²) in [7, 11) is -2.00. The minimum atomic E-state index is -3.54. The first kappa shape index (κ1) is 20.1. The van der Waals surface area contributed by atoms with Gasteiger partial charge in [-0.05, 0) is 50.6 Å². The summed E-state index contributed by atoms with van der Waals surface area (Å²) in [5.74, 6) is 0.724. The number of benzene rings is 1. The van der Waals surface area contributed by atoms with Gasteiger partial charge in [-0.25, -0.2) is 8.42 Å². The lowest BCUT2D eigenvalue weighted by atomic mass is 10.0. The molecule has 0 unspecified atom stereocenters. The number of rotatable bonds is 5. The van der Waals surface area contributed by atoms with E-state index in [1.54, 1.807) is 36.3 Å². The maximum Gasteiger partial charge on any atom is 0.243 e. The normalized spacial score (nSPS) is 22.6. The van der Waals surface area contributed by atoms with Gasteiger partial charge in [0.05, 0.1) is 18.6 Å². The molecule has 7 nitrogen and oxygen atoms in total. The molecular weight excluding hydrogens is 366 g/mol. The van der Waals surface area contributed by atoms with Gasteiger partial charge in [0.25, 0.3) is 0 Å². The van der Waals surface area contributed by atoms with Crippen molar-refractivity contribution >= 4 is 15.9 Å². The lowest BCUT2D eigenvalue weighted by Crippen LogP contribution is -2.53. The Balaban J connectivity index is 1.56. The summed E-state index contributed by atoms with van der Waals surface area (Å²) in [5, 5.41) is 0. The van der Waals surface area contributed by atoms with Crippen LogP contribution in [0.25, 0.3) is 0 Å². The predicted octanol–water partition coefficient (Wildman–Crippen LogP) is 1.40. The predicted molar refractivity (Wildman–Crippen MR) is 103 cm³/mol. The first-order valence-corrected chi connectivity index (χ1v) is 11.0. The van der Waals surface area contributed by atoms with Crippen LogP contribution >= 0.6 is 0 Å². The van der Waals surface area contributed by atoms with Crippen LogP contribution in [0, 0.1) is 0 Å². The van der Waals surface area contributed by atoms with E-state index in [1.807, 2.05) is 0 Å². The van der Waals surface area contributed by atoms with Gasteiger partial charge >= 0.3 is 0 Å². The summed E-state index contributed by atoms with van der Waals surface area (Å²) >= 11 is 0. The van der Waals surface area contributed by atoms with Gasteiger partial charge in [0.15, 0.2) is 0 Å². The van der Waals surface area contributed by atoms with Crippen LogP contribution in [0.4, 0.5) is 0 Å². The summed E-state index contributed by atoms with van der Waals surface area (Å²) in [6.07, 6.45) is 3.51. The van der Waals surface area contributed by atoms with Crippen LogP contribution in [-0.2, 0) is 14.8 Å². The molecule has 0 aliphatic carbocycles. The van der Waals surface area contributed by atoms with Crippen molar-refractivity contribution in [2.45, 2.75) is 37.1 Å². The average Bonchev–Trinajstić information content (AvgIpc) is 2.70. The zero-order valence-electron chi connectivity index (χ0n) is 16.1. The van der Waals surface area contributed by atoms with Crippen LogP contribution in [0.1, 0.15) is 26.2 Å². The molecule has 0 radical (unpaired) electrons. The molecule has 0 N–H and O–H groups in total.